The number of nitrogens with one attached hydrogen (secondary N) is 3. The average molecular weight is 527 g/mol. The maximum Gasteiger partial charge on any atom is 0.250 e. The van der Waals surface area contributed by atoms with Crippen LogP contribution in [0.25, 0.3) is 0 Å². The first-order chi connectivity index (χ1) is 12.5. The van der Waals surface area contributed by atoms with Crippen molar-refractivity contribution in [1.29, 1.82) is 0 Å². The lowest BCUT2D eigenvalue weighted by molar-refractivity contribution is 0.380. The summed E-state index contributed by atoms with van der Waals surface area (Å²) < 4.78 is 32.3. The Hall–Kier alpha value is -1.18. The first kappa shape index (κ1) is 23.9. The predicted molar refractivity (Wildman–Crippen MR) is 118 cm³/mol. The Kier molecular flexibility index (Phi) is 10.3. The third kappa shape index (κ3) is 6.73. The van der Waals surface area contributed by atoms with Crippen molar-refractivity contribution < 1.29 is 12.9 Å². The molecule has 3 N–H and O–H groups in total. The molecule has 0 aliphatic heterocycles. The summed E-state index contributed by atoms with van der Waals surface area (Å²) in [4.78, 5) is 4.15. The summed E-state index contributed by atoms with van der Waals surface area (Å²) in [7, 11) is -1.77. The number of rotatable bonds is 9. The molecule has 2 aromatic rings. The molecular formula is C16H26IN5O3S2. The third-order valence-corrected chi connectivity index (χ3v) is 6.59. The van der Waals surface area contributed by atoms with Gasteiger partial charge in [0.1, 0.15) is 9.97 Å². The zero-order chi connectivity index (χ0) is 19.0. The van der Waals surface area contributed by atoms with Crippen molar-refractivity contribution >= 4 is 51.3 Å². The Morgan fingerprint density at radius 1 is 1.26 bits per heavy atom. The molecule has 0 aromatic carbocycles. The lowest BCUT2D eigenvalue weighted by atomic mass is 10.1. The van der Waals surface area contributed by atoms with Gasteiger partial charge in [-0.05, 0) is 17.9 Å². The fourth-order valence-corrected chi connectivity index (χ4v) is 4.45. The smallest absolute Gasteiger partial charge is 0.250 e. The largest absolute Gasteiger partial charge is 0.361 e. The van der Waals surface area contributed by atoms with Crippen molar-refractivity contribution in [3.63, 3.8) is 0 Å². The third-order valence-electron chi connectivity index (χ3n) is 3.73. The van der Waals surface area contributed by atoms with Gasteiger partial charge in [-0.1, -0.05) is 25.1 Å². The van der Waals surface area contributed by atoms with Crippen LogP contribution in [0.2, 0.25) is 0 Å². The number of guanidine groups is 1. The molecule has 0 amide bonds. The molecule has 2 heterocycles. The molecule has 0 saturated carbocycles. The quantitative estimate of drug-likeness (QED) is 0.200. The number of nitrogens with zero attached hydrogens (tertiary/aromatic N) is 2. The van der Waals surface area contributed by atoms with Gasteiger partial charge in [0.15, 0.2) is 5.96 Å². The number of aromatic nitrogens is 1. The van der Waals surface area contributed by atoms with Gasteiger partial charge in [-0.3, -0.25) is 4.99 Å². The molecule has 0 radical (unpaired) electrons. The van der Waals surface area contributed by atoms with Crippen LogP contribution < -0.4 is 15.4 Å². The molecule has 0 unspecified atom stereocenters. The number of halogens is 1. The minimum Gasteiger partial charge on any atom is -0.361 e. The van der Waals surface area contributed by atoms with E-state index >= 15 is 0 Å². The van der Waals surface area contributed by atoms with E-state index in [0.29, 0.717) is 23.3 Å². The summed E-state index contributed by atoms with van der Waals surface area (Å²) in [5, 5.41) is 12.1. The molecule has 0 aliphatic rings. The number of sulfonamides is 1. The molecule has 2 rings (SSSR count). The molecule has 0 atom stereocenters. The zero-order valence-corrected chi connectivity index (χ0v) is 19.6. The Morgan fingerprint density at radius 2 is 2.04 bits per heavy atom. The number of aliphatic imine (C=N–C) groups is 1. The van der Waals surface area contributed by atoms with Crippen molar-refractivity contribution in [2.75, 3.05) is 20.1 Å². The number of aryl methyl sites for hydroxylation is 2. The van der Waals surface area contributed by atoms with Crippen LogP contribution in [0.5, 0.6) is 0 Å². The van der Waals surface area contributed by atoms with Crippen LogP contribution in [0.15, 0.2) is 31.2 Å². The summed E-state index contributed by atoms with van der Waals surface area (Å²) in [6, 6.07) is 3.29. The van der Waals surface area contributed by atoms with E-state index in [0.717, 1.165) is 29.9 Å². The van der Waals surface area contributed by atoms with E-state index in [-0.39, 0.29) is 30.5 Å². The number of hydrogen-bond acceptors (Lipinski definition) is 6. The molecule has 152 valence electrons. The van der Waals surface area contributed by atoms with Gasteiger partial charge in [0.2, 0.25) is 10.0 Å². The fraction of sp³-hybridized carbons (Fsp3) is 0.500. The van der Waals surface area contributed by atoms with Crippen LogP contribution in [0.3, 0.4) is 0 Å². The van der Waals surface area contributed by atoms with Gasteiger partial charge in [0.25, 0.3) is 0 Å². The highest BCUT2D eigenvalue weighted by Crippen LogP contribution is 2.16. The summed E-state index contributed by atoms with van der Waals surface area (Å²) in [5.41, 5.74) is 1.99. The number of thiophene rings is 1. The van der Waals surface area contributed by atoms with Gasteiger partial charge in [-0.2, -0.15) is 0 Å². The summed E-state index contributed by atoms with van der Waals surface area (Å²) >= 11 is 1.19. The SMILES string of the molecule is CCc1noc(CC)c1CNC(=NC)NCCNS(=O)(=O)c1cccs1.I. The van der Waals surface area contributed by atoms with Gasteiger partial charge >= 0.3 is 0 Å². The van der Waals surface area contributed by atoms with E-state index in [1.54, 1.807) is 24.6 Å². The summed E-state index contributed by atoms with van der Waals surface area (Å²) in [5.74, 6) is 1.46. The van der Waals surface area contributed by atoms with Crippen LogP contribution in [-0.4, -0.2) is 39.7 Å². The molecule has 27 heavy (non-hydrogen) atoms. The normalized spacial score (nSPS) is 11.9. The van der Waals surface area contributed by atoms with Crippen molar-refractivity contribution in [2.45, 2.75) is 37.4 Å². The second-order valence-corrected chi connectivity index (χ2v) is 8.36. The monoisotopic (exact) mass is 527 g/mol. The molecular weight excluding hydrogens is 501 g/mol. The zero-order valence-electron chi connectivity index (χ0n) is 15.6. The van der Waals surface area contributed by atoms with E-state index in [4.69, 9.17) is 4.52 Å². The Morgan fingerprint density at radius 3 is 2.63 bits per heavy atom. The fourth-order valence-electron chi connectivity index (χ4n) is 2.38. The first-order valence-electron chi connectivity index (χ1n) is 8.45. The first-order valence-corrected chi connectivity index (χ1v) is 10.8. The molecule has 0 fully saturated rings. The van der Waals surface area contributed by atoms with E-state index in [1.165, 1.54) is 11.3 Å². The van der Waals surface area contributed by atoms with Gasteiger partial charge in [0, 0.05) is 38.7 Å². The molecule has 0 spiro atoms. The predicted octanol–water partition coefficient (Wildman–Crippen LogP) is 2.12. The Bertz CT molecular complexity index is 798. The van der Waals surface area contributed by atoms with Crippen molar-refractivity contribution in [2.24, 2.45) is 4.99 Å². The number of hydrogen-bond donors (Lipinski definition) is 3. The van der Waals surface area contributed by atoms with Crippen LogP contribution in [-0.2, 0) is 29.4 Å². The van der Waals surface area contributed by atoms with Crippen molar-refractivity contribution in [3.05, 3.63) is 34.5 Å². The van der Waals surface area contributed by atoms with Crippen LogP contribution in [0.1, 0.15) is 30.9 Å². The summed E-state index contributed by atoms with van der Waals surface area (Å²) in [6.07, 6.45) is 1.58. The summed E-state index contributed by atoms with van der Waals surface area (Å²) in [6.45, 7) is 5.28. The van der Waals surface area contributed by atoms with Crippen molar-refractivity contribution in [1.82, 2.24) is 20.5 Å². The van der Waals surface area contributed by atoms with E-state index in [9.17, 15) is 8.42 Å². The molecule has 2 aromatic heterocycles. The van der Waals surface area contributed by atoms with E-state index < -0.39 is 10.0 Å². The van der Waals surface area contributed by atoms with Gasteiger partial charge in [-0.15, -0.1) is 35.3 Å². The van der Waals surface area contributed by atoms with Crippen LogP contribution in [0, 0.1) is 0 Å². The highest BCUT2D eigenvalue weighted by Gasteiger charge is 2.15. The standard InChI is InChI=1S/C16H25N5O3S2.HI/c1-4-13-12(14(5-2)24-21-13)11-19-16(17-3)18-8-9-20-26(22,23)15-7-6-10-25-15;/h6-7,10,20H,4-5,8-9,11H2,1-3H3,(H2,17,18,19);1H. The molecule has 8 nitrogen and oxygen atoms in total. The second-order valence-electron chi connectivity index (χ2n) is 5.42. The molecule has 0 aliphatic carbocycles. The lowest BCUT2D eigenvalue weighted by Gasteiger charge is -2.12. The maximum absolute atomic E-state index is 12.0. The van der Waals surface area contributed by atoms with Gasteiger partial charge in [0.05, 0.1) is 5.69 Å². The topological polar surface area (TPSA) is 109 Å². The van der Waals surface area contributed by atoms with Crippen LogP contribution in [0.4, 0.5) is 0 Å². The Balaban J connectivity index is 0.00000364. The van der Waals surface area contributed by atoms with Crippen molar-refractivity contribution in [3.8, 4) is 0 Å². The minimum atomic E-state index is -3.44. The molecule has 11 heteroatoms. The van der Waals surface area contributed by atoms with Gasteiger partial charge < -0.3 is 15.2 Å². The second kappa shape index (κ2) is 11.6. The maximum atomic E-state index is 12.0. The van der Waals surface area contributed by atoms with Crippen LogP contribution >= 0.6 is 35.3 Å². The highest BCUT2D eigenvalue weighted by molar-refractivity contribution is 14.0. The average Bonchev–Trinajstić information content (AvgIpc) is 3.30. The van der Waals surface area contributed by atoms with E-state index in [2.05, 4.69) is 25.5 Å². The lowest BCUT2D eigenvalue weighted by Crippen LogP contribution is -2.41. The van der Waals surface area contributed by atoms with Gasteiger partial charge in [-0.25, -0.2) is 13.1 Å². The molecule has 0 saturated heterocycles. The molecule has 0 bridgehead atoms. The van der Waals surface area contributed by atoms with E-state index in [1.807, 2.05) is 13.8 Å². The minimum absolute atomic E-state index is 0. The highest BCUT2D eigenvalue weighted by atomic mass is 127. The Labute approximate surface area is 181 Å².